The Morgan fingerprint density at radius 1 is 1.32 bits per heavy atom. The smallest absolute Gasteiger partial charge is 0.223 e. The van der Waals surface area contributed by atoms with Gasteiger partial charge in [0.1, 0.15) is 0 Å². The van der Waals surface area contributed by atoms with Gasteiger partial charge in [0.05, 0.1) is 0 Å². The Morgan fingerprint density at radius 3 is 2.47 bits per heavy atom. The zero-order valence-corrected chi connectivity index (χ0v) is 12.2. The first kappa shape index (κ1) is 16.0. The van der Waals surface area contributed by atoms with E-state index >= 15 is 0 Å². The molecule has 1 aromatic rings. The van der Waals surface area contributed by atoms with Crippen molar-refractivity contribution in [3.63, 3.8) is 0 Å². The van der Waals surface area contributed by atoms with E-state index in [0.717, 1.165) is 25.9 Å². The highest BCUT2D eigenvalue weighted by Gasteiger charge is 2.22. The number of hydrogen-bond donors (Lipinski definition) is 1. The number of benzene rings is 1. The molecule has 1 unspecified atom stereocenters. The molecule has 1 saturated heterocycles. The lowest BCUT2D eigenvalue weighted by molar-refractivity contribution is -0.132. The van der Waals surface area contributed by atoms with Crippen molar-refractivity contribution in [2.75, 3.05) is 13.1 Å². The van der Waals surface area contributed by atoms with Gasteiger partial charge in [0.2, 0.25) is 5.91 Å². The third kappa shape index (κ3) is 4.51. The van der Waals surface area contributed by atoms with Gasteiger partial charge in [0.25, 0.3) is 0 Å². The number of carbonyl (C=O) groups excluding carboxylic acids is 1. The molecule has 1 fully saturated rings. The predicted molar refractivity (Wildman–Crippen MR) is 80.5 cm³/mol. The molecule has 0 radical (unpaired) electrons. The van der Waals surface area contributed by atoms with E-state index in [2.05, 4.69) is 19.1 Å². The fourth-order valence-corrected chi connectivity index (χ4v) is 2.44. The summed E-state index contributed by atoms with van der Waals surface area (Å²) in [6, 6.07) is 10.5. The van der Waals surface area contributed by atoms with Gasteiger partial charge in [-0.05, 0) is 24.3 Å². The minimum atomic E-state index is 0. The van der Waals surface area contributed by atoms with E-state index in [0.29, 0.717) is 6.42 Å². The van der Waals surface area contributed by atoms with Crippen molar-refractivity contribution in [1.82, 2.24) is 4.90 Å². The zero-order valence-electron chi connectivity index (χ0n) is 11.4. The molecule has 1 aromatic carbocycles. The van der Waals surface area contributed by atoms with Gasteiger partial charge in [-0.1, -0.05) is 37.3 Å². The Morgan fingerprint density at radius 2 is 1.89 bits per heavy atom. The minimum Gasteiger partial charge on any atom is -0.343 e. The summed E-state index contributed by atoms with van der Waals surface area (Å²) in [6.45, 7) is 3.76. The average Bonchev–Trinajstić information content (AvgIpc) is 2.40. The van der Waals surface area contributed by atoms with E-state index in [-0.39, 0.29) is 30.3 Å². The van der Waals surface area contributed by atoms with Crippen LogP contribution in [0.3, 0.4) is 0 Å². The average molecular weight is 283 g/mol. The summed E-state index contributed by atoms with van der Waals surface area (Å²) in [4.78, 5) is 14.1. The normalized spacial score (nSPS) is 17.7. The predicted octanol–water partition coefficient (Wildman–Crippen LogP) is 2.55. The van der Waals surface area contributed by atoms with E-state index in [1.54, 1.807) is 0 Å². The Kier molecular flexibility index (Phi) is 6.32. The maximum Gasteiger partial charge on any atom is 0.223 e. The van der Waals surface area contributed by atoms with E-state index in [4.69, 9.17) is 5.73 Å². The quantitative estimate of drug-likeness (QED) is 0.926. The van der Waals surface area contributed by atoms with Crippen molar-refractivity contribution in [2.24, 2.45) is 5.73 Å². The molecule has 19 heavy (non-hydrogen) atoms. The molecule has 1 atom stereocenters. The van der Waals surface area contributed by atoms with Crippen LogP contribution in [0.2, 0.25) is 0 Å². The highest BCUT2D eigenvalue weighted by molar-refractivity contribution is 5.85. The monoisotopic (exact) mass is 282 g/mol. The van der Waals surface area contributed by atoms with Crippen LogP contribution in [0.1, 0.15) is 37.7 Å². The maximum absolute atomic E-state index is 12.2. The highest BCUT2D eigenvalue weighted by atomic mass is 35.5. The molecular formula is C15H23ClN2O. The highest BCUT2D eigenvalue weighted by Crippen LogP contribution is 2.20. The van der Waals surface area contributed by atoms with Crippen molar-refractivity contribution < 1.29 is 4.79 Å². The van der Waals surface area contributed by atoms with Crippen LogP contribution in [-0.4, -0.2) is 29.9 Å². The topological polar surface area (TPSA) is 46.3 Å². The van der Waals surface area contributed by atoms with E-state index < -0.39 is 0 Å². The van der Waals surface area contributed by atoms with E-state index in [1.807, 2.05) is 23.1 Å². The summed E-state index contributed by atoms with van der Waals surface area (Å²) in [6.07, 6.45) is 2.47. The molecule has 1 amide bonds. The van der Waals surface area contributed by atoms with E-state index in [9.17, 15) is 4.79 Å². The minimum absolute atomic E-state index is 0. The first-order valence-corrected chi connectivity index (χ1v) is 6.75. The van der Waals surface area contributed by atoms with Gasteiger partial charge in [-0.15, -0.1) is 12.4 Å². The molecule has 0 bridgehead atoms. The molecule has 1 heterocycles. The molecule has 0 aliphatic carbocycles. The Balaban J connectivity index is 0.00000180. The Labute approximate surface area is 121 Å². The molecule has 2 rings (SSSR count). The second kappa shape index (κ2) is 7.51. The number of rotatable bonds is 3. The molecular weight excluding hydrogens is 260 g/mol. The van der Waals surface area contributed by atoms with Gasteiger partial charge < -0.3 is 10.6 Å². The first-order chi connectivity index (χ1) is 8.66. The second-order valence-electron chi connectivity index (χ2n) is 5.23. The van der Waals surface area contributed by atoms with Gasteiger partial charge >= 0.3 is 0 Å². The number of nitrogens with two attached hydrogens (primary N) is 1. The van der Waals surface area contributed by atoms with Crippen LogP contribution in [0.4, 0.5) is 0 Å². The maximum atomic E-state index is 12.2. The van der Waals surface area contributed by atoms with Crippen molar-refractivity contribution in [3.05, 3.63) is 35.9 Å². The zero-order chi connectivity index (χ0) is 13.0. The van der Waals surface area contributed by atoms with Gasteiger partial charge in [0, 0.05) is 25.6 Å². The fourth-order valence-electron chi connectivity index (χ4n) is 2.44. The molecule has 106 valence electrons. The molecule has 0 saturated carbocycles. The van der Waals surface area contributed by atoms with Crippen molar-refractivity contribution in [3.8, 4) is 0 Å². The van der Waals surface area contributed by atoms with Gasteiger partial charge in [-0.25, -0.2) is 0 Å². The van der Waals surface area contributed by atoms with Gasteiger partial charge in [-0.3, -0.25) is 4.79 Å². The molecule has 0 aromatic heterocycles. The molecule has 3 nitrogen and oxygen atoms in total. The standard InChI is InChI=1S/C15H22N2O.ClH/c1-12(13-5-3-2-4-6-13)11-15(18)17-9-7-14(16)8-10-17;/h2-6,12,14H,7-11,16H2,1H3;1H. The van der Waals surface area contributed by atoms with Crippen LogP contribution in [0.15, 0.2) is 30.3 Å². The number of likely N-dealkylation sites (tertiary alicyclic amines) is 1. The lowest BCUT2D eigenvalue weighted by Gasteiger charge is -2.31. The third-order valence-electron chi connectivity index (χ3n) is 3.74. The van der Waals surface area contributed by atoms with Crippen molar-refractivity contribution >= 4 is 18.3 Å². The van der Waals surface area contributed by atoms with Crippen LogP contribution >= 0.6 is 12.4 Å². The molecule has 1 aliphatic rings. The van der Waals surface area contributed by atoms with Crippen molar-refractivity contribution in [2.45, 2.75) is 38.1 Å². The second-order valence-corrected chi connectivity index (χ2v) is 5.23. The summed E-state index contributed by atoms with van der Waals surface area (Å²) in [5.74, 6) is 0.549. The van der Waals surface area contributed by atoms with Gasteiger partial charge in [0.15, 0.2) is 0 Å². The Hall–Kier alpha value is -1.06. The summed E-state index contributed by atoms with van der Waals surface area (Å²) in [5.41, 5.74) is 7.09. The fraction of sp³-hybridized carbons (Fsp3) is 0.533. The SMILES string of the molecule is CC(CC(=O)N1CCC(N)CC1)c1ccccc1.Cl. The molecule has 4 heteroatoms. The number of piperidine rings is 1. The Bertz CT molecular complexity index is 388. The number of nitrogens with zero attached hydrogens (tertiary/aromatic N) is 1. The summed E-state index contributed by atoms with van der Waals surface area (Å²) < 4.78 is 0. The van der Waals surface area contributed by atoms with Crippen LogP contribution in [-0.2, 0) is 4.79 Å². The van der Waals surface area contributed by atoms with E-state index in [1.165, 1.54) is 5.56 Å². The number of hydrogen-bond acceptors (Lipinski definition) is 2. The van der Waals surface area contributed by atoms with Crippen LogP contribution in [0.25, 0.3) is 0 Å². The van der Waals surface area contributed by atoms with Crippen LogP contribution in [0.5, 0.6) is 0 Å². The molecule has 1 aliphatic heterocycles. The molecule has 0 spiro atoms. The molecule has 2 N–H and O–H groups in total. The lowest BCUT2D eigenvalue weighted by atomic mass is 9.96. The first-order valence-electron chi connectivity index (χ1n) is 6.75. The largest absolute Gasteiger partial charge is 0.343 e. The van der Waals surface area contributed by atoms with Gasteiger partial charge in [-0.2, -0.15) is 0 Å². The number of halogens is 1. The number of carbonyl (C=O) groups is 1. The summed E-state index contributed by atoms with van der Waals surface area (Å²) >= 11 is 0. The van der Waals surface area contributed by atoms with Crippen LogP contribution in [0, 0.1) is 0 Å². The third-order valence-corrected chi connectivity index (χ3v) is 3.74. The number of amides is 1. The summed E-state index contributed by atoms with van der Waals surface area (Å²) in [7, 11) is 0. The lowest BCUT2D eigenvalue weighted by Crippen LogP contribution is -2.43. The summed E-state index contributed by atoms with van der Waals surface area (Å²) in [5, 5.41) is 0. The van der Waals surface area contributed by atoms with Crippen molar-refractivity contribution in [1.29, 1.82) is 0 Å². The van der Waals surface area contributed by atoms with Crippen LogP contribution < -0.4 is 5.73 Å².